The number of fused-ring (bicyclic) bond motifs is 2. The quantitative estimate of drug-likeness (QED) is 0.939. The molecule has 1 saturated carbocycles. The highest BCUT2D eigenvalue weighted by molar-refractivity contribution is 5.76. The average Bonchev–Trinajstić information content (AvgIpc) is 3.18. The van der Waals surface area contributed by atoms with Crippen LogP contribution in [-0.2, 0) is 11.3 Å². The van der Waals surface area contributed by atoms with Gasteiger partial charge in [0.15, 0.2) is 0 Å². The van der Waals surface area contributed by atoms with Gasteiger partial charge in [-0.1, -0.05) is 18.6 Å². The fraction of sp³-hybridized carbons (Fsp3) is 0.588. The van der Waals surface area contributed by atoms with Gasteiger partial charge in [0, 0.05) is 13.7 Å². The molecule has 112 valence electrons. The van der Waals surface area contributed by atoms with Gasteiger partial charge in [-0.05, 0) is 43.4 Å². The van der Waals surface area contributed by atoms with Crippen LogP contribution in [0.2, 0.25) is 0 Å². The van der Waals surface area contributed by atoms with Gasteiger partial charge in [-0.25, -0.2) is 4.98 Å². The van der Waals surface area contributed by atoms with E-state index >= 15 is 0 Å². The number of nitrogens with one attached hydrogen (secondary N) is 1. The molecule has 1 aromatic heterocycles. The van der Waals surface area contributed by atoms with Crippen LogP contribution < -0.4 is 5.32 Å². The Labute approximate surface area is 125 Å². The average molecular weight is 285 g/mol. The predicted octanol–water partition coefficient (Wildman–Crippen LogP) is 2.74. The topological polar surface area (TPSA) is 39.1 Å². The summed E-state index contributed by atoms with van der Waals surface area (Å²) in [6.07, 6.45) is 4.11. The first-order valence-electron chi connectivity index (χ1n) is 8.06. The second-order valence-corrected chi connectivity index (χ2v) is 6.34. The zero-order chi connectivity index (χ0) is 14.2. The van der Waals surface area contributed by atoms with Gasteiger partial charge in [0.05, 0.1) is 23.7 Å². The van der Waals surface area contributed by atoms with Gasteiger partial charge in [-0.2, -0.15) is 0 Å². The van der Waals surface area contributed by atoms with Crippen molar-refractivity contribution < 1.29 is 4.74 Å². The molecule has 3 atom stereocenters. The van der Waals surface area contributed by atoms with Crippen molar-refractivity contribution in [3.8, 4) is 0 Å². The lowest BCUT2D eigenvalue weighted by molar-refractivity contribution is 0.186. The van der Waals surface area contributed by atoms with E-state index in [2.05, 4.69) is 34.1 Å². The van der Waals surface area contributed by atoms with Crippen molar-refractivity contribution in [2.75, 3.05) is 20.3 Å². The van der Waals surface area contributed by atoms with Gasteiger partial charge in [0.2, 0.25) is 0 Å². The van der Waals surface area contributed by atoms with Crippen molar-refractivity contribution in [3.05, 3.63) is 30.1 Å². The Morgan fingerprint density at radius 3 is 3.14 bits per heavy atom. The molecule has 21 heavy (non-hydrogen) atoms. The normalized spacial score (nSPS) is 28.3. The molecule has 0 amide bonds. The highest BCUT2D eigenvalue weighted by Gasteiger charge is 2.41. The number of hydrogen-bond donors (Lipinski definition) is 1. The number of hydrogen-bond acceptors (Lipinski definition) is 3. The van der Waals surface area contributed by atoms with Gasteiger partial charge in [-0.3, -0.25) is 0 Å². The second kappa shape index (κ2) is 5.43. The van der Waals surface area contributed by atoms with Crippen LogP contribution >= 0.6 is 0 Å². The Morgan fingerprint density at radius 2 is 2.24 bits per heavy atom. The van der Waals surface area contributed by atoms with Crippen molar-refractivity contribution in [1.82, 2.24) is 14.9 Å². The summed E-state index contributed by atoms with van der Waals surface area (Å²) in [4.78, 5) is 4.95. The summed E-state index contributed by atoms with van der Waals surface area (Å²) in [5, 5.41) is 3.73. The van der Waals surface area contributed by atoms with Crippen molar-refractivity contribution in [3.63, 3.8) is 0 Å². The highest BCUT2D eigenvalue weighted by atomic mass is 16.5. The maximum absolute atomic E-state index is 5.30. The minimum absolute atomic E-state index is 0.418. The van der Waals surface area contributed by atoms with E-state index in [4.69, 9.17) is 9.72 Å². The van der Waals surface area contributed by atoms with E-state index in [-0.39, 0.29) is 0 Å². The van der Waals surface area contributed by atoms with Gasteiger partial charge in [0.1, 0.15) is 5.82 Å². The number of benzene rings is 1. The lowest BCUT2D eigenvalue weighted by Crippen LogP contribution is -2.23. The van der Waals surface area contributed by atoms with E-state index in [0.29, 0.717) is 6.04 Å². The first-order valence-corrected chi connectivity index (χ1v) is 8.06. The maximum atomic E-state index is 5.30. The molecule has 1 N–H and O–H groups in total. The Balaban J connectivity index is 1.76. The van der Waals surface area contributed by atoms with Crippen molar-refractivity contribution >= 4 is 11.0 Å². The Kier molecular flexibility index (Phi) is 3.43. The minimum atomic E-state index is 0.418. The molecule has 4 heteroatoms. The summed E-state index contributed by atoms with van der Waals surface area (Å²) in [6, 6.07) is 8.87. The van der Waals surface area contributed by atoms with Gasteiger partial charge < -0.3 is 14.6 Å². The number of ether oxygens (including phenoxy) is 1. The number of aromatic nitrogens is 2. The third-order valence-corrected chi connectivity index (χ3v) is 5.23. The van der Waals surface area contributed by atoms with Crippen LogP contribution in [0.5, 0.6) is 0 Å². The fourth-order valence-electron chi connectivity index (χ4n) is 4.22. The van der Waals surface area contributed by atoms with Gasteiger partial charge in [0.25, 0.3) is 0 Å². The summed E-state index contributed by atoms with van der Waals surface area (Å²) in [5.41, 5.74) is 2.33. The summed E-state index contributed by atoms with van der Waals surface area (Å²) in [5.74, 6) is 2.83. The van der Waals surface area contributed by atoms with Crippen LogP contribution in [0, 0.1) is 11.8 Å². The molecule has 2 heterocycles. The Bertz CT molecular complexity index is 636. The van der Waals surface area contributed by atoms with Crippen LogP contribution in [0.1, 0.15) is 31.1 Å². The fourth-order valence-corrected chi connectivity index (χ4v) is 4.22. The highest BCUT2D eigenvalue weighted by Crippen LogP contribution is 2.44. The third kappa shape index (κ3) is 2.17. The molecular weight excluding hydrogens is 262 g/mol. The lowest BCUT2D eigenvalue weighted by Gasteiger charge is -2.19. The molecule has 0 bridgehead atoms. The smallest absolute Gasteiger partial charge is 0.127 e. The van der Waals surface area contributed by atoms with E-state index < -0.39 is 0 Å². The van der Waals surface area contributed by atoms with E-state index in [0.717, 1.165) is 37.0 Å². The monoisotopic (exact) mass is 285 g/mol. The molecule has 4 rings (SSSR count). The van der Waals surface area contributed by atoms with E-state index in [1.807, 2.05) is 0 Å². The Morgan fingerprint density at radius 1 is 1.33 bits per heavy atom. The molecule has 3 unspecified atom stereocenters. The standard InChI is InChI=1S/C17H23N3O/c1-21-10-9-20-15-8-3-2-7-14(15)19-17(20)16-13-6-4-5-12(13)11-18-16/h2-3,7-8,12-13,16,18H,4-6,9-11H2,1H3. The third-order valence-electron chi connectivity index (χ3n) is 5.23. The SMILES string of the molecule is COCCn1c(C2NCC3CCCC32)nc2ccccc21. The van der Waals surface area contributed by atoms with Crippen LogP contribution in [0.3, 0.4) is 0 Å². The van der Waals surface area contributed by atoms with Crippen LogP contribution in [0.15, 0.2) is 24.3 Å². The molecule has 1 aliphatic heterocycles. The van der Waals surface area contributed by atoms with Crippen molar-refractivity contribution in [1.29, 1.82) is 0 Å². The summed E-state index contributed by atoms with van der Waals surface area (Å²) in [7, 11) is 1.76. The minimum Gasteiger partial charge on any atom is -0.383 e. The lowest BCUT2D eigenvalue weighted by atomic mass is 9.93. The zero-order valence-electron chi connectivity index (χ0n) is 12.6. The van der Waals surface area contributed by atoms with E-state index in [9.17, 15) is 0 Å². The molecule has 2 aromatic rings. The summed E-state index contributed by atoms with van der Waals surface area (Å²) < 4.78 is 7.66. The zero-order valence-corrected chi connectivity index (χ0v) is 12.6. The van der Waals surface area contributed by atoms with E-state index in [1.165, 1.54) is 30.6 Å². The van der Waals surface area contributed by atoms with Crippen LogP contribution in [-0.4, -0.2) is 29.8 Å². The largest absolute Gasteiger partial charge is 0.383 e. The van der Waals surface area contributed by atoms with Crippen molar-refractivity contribution in [2.45, 2.75) is 31.8 Å². The molecule has 0 radical (unpaired) electrons. The van der Waals surface area contributed by atoms with Crippen LogP contribution in [0.25, 0.3) is 11.0 Å². The number of rotatable bonds is 4. The first kappa shape index (κ1) is 13.3. The second-order valence-electron chi connectivity index (χ2n) is 6.34. The number of methoxy groups -OCH3 is 1. The van der Waals surface area contributed by atoms with Gasteiger partial charge in [-0.15, -0.1) is 0 Å². The van der Waals surface area contributed by atoms with Crippen molar-refractivity contribution in [2.24, 2.45) is 11.8 Å². The number of para-hydroxylation sites is 2. The molecule has 2 fully saturated rings. The van der Waals surface area contributed by atoms with Gasteiger partial charge >= 0.3 is 0 Å². The predicted molar refractivity (Wildman–Crippen MR) is 83.2 cm³/mol. The summed E-state index contributed by atoms with van der Waals surface area (Å²) >= 11 is 0. The maximum Gasteiger partial charge on any atom is 0.127 e. The molecule has 1 saturated heterocycles. The Hall–Kier alpha value is -1.39. The van der Waals surface area contributed by atoms with E-state index in [1.54, 1.807) is 7.11 Å². The molecule has 0 spiro atoms. The molecular formula is C17H23N3O. The molecule has 1 aromatic carbocycles. The molecule has 2 aliphatic rings. The number of nitrogens with zero attached hydrogens (tertiary/aromatic N) is 2. The van der Waals surface area contributed by atoms with Crippen LogP contribution in [0.4, 0.5) is 0 Å². The summed E-state index contributed by atoms with van der Waals surface area (Å²) in [6.45, 7) is 2.76. The molecule has 4 nitrogen and oxygen atoms in total. The molecule has 1 aliphatic carbocycles. The first-order chi connectivity index (χ1) is 10.4. The number of imidazole rings is 1.